The van der Waals surface area contributed by atoms with Crippen molar-refractivity contribution in [2.24, 2.45) is 0 Å². The van der Waals surface area contributed by atoms with Gasteiger partial charge in [0.15, 0.2) is 5.82 Å². The van der Waals surface area contributed by atoms with Gasteiger partial charge in [-0.15, -0.1) is 0 Å². The smallest absolute Gasteiger partial charge is 0.398 e. The van der Waals surface area contributed by atoms with Crippen molar-refractivity contribution in [3.05, 3.63) is 65.7 Å². The molecule has 0 aliphatic carbocycles. The highest BCUT2D eigenvalue weighted by atomic mass is 19.4. The first-order chi connectivity index (χ1) is 19.0. The Kier molecular flexibility index (Phi) is 7.44. The molecule has 4 heterocycles. The SMILES string of the molecule is Cc1noc(-c2cnc(Nc3ccc4c(n3)C(C)(C)OB4OCC(F)(F)F)nc2N[C@H](CO)c2ccccc2)n1. The number of hydrogen-bond acceptors (Lipinski definition) is 11. The highest BCUT2D eigenvalue weighted by Crippen LogP contribution is 2.32. The number of aromatic nitrogens is 5. The summed E-state index contributed by atoms with van der Waals surface area (Å²) in [5, 5.41) is 20.2. The van der Waals surface area contributed by atoms with Crippen molar-refractivity contribution in [3.63, 3.8) is 0 Å². The highest BCUT2D eigenvalue weighted by Gasteiger charge is 2.45. The number of aryl methyl sites for hydroxylation is 1. The highest BCUT2D eigenvalue weighted by molar-refractivity contribution is 6.63. The van der Waals surface area contributed by atoms with Crippen LogP contribution < -0.4 is 16.1 Å². The lowest BCUT2D eigenvalue weighted by molar-refractivity contribution is -0.157. The number of alkyl halides is 3. The number of fused-ring (bicyclic) bond motifs is 1. The number of nitrogens with one attached hydrogen (secondary N) is 2. The predicted octanol–water partition coefficient (Wildman–Crippen LogP) is 3.66. The molecular weight excluding hydrogens is 530 g/mol. The molecule has 40 heavy (non-hydrogen) atoms. The normalized spacial score (nSPS) is 15.1. The summed E-state index contributed by atoms with van der Waals surface area (Å²) in [6.07, 6.45) is -3.00. The first kappa shape index (κ1) is 27.5. The van der Waals surface area contributed by atoms with Crippen LogP contribution >= 0.6 is 0 Å². The van der Waals surface area contributed by atoms with E-state index in [1.165, 1.54) is 6.20 Å². The zero-order valence-electron chi connectivity index (χ0n) is 21.7. The maximum absolute atomic E-state index is 12.7. The Morgan fingerprint density at radius 3 is 2.55 bits per heavy atom. The van der Waals surface area contributed by atoms with Crippen molar-refractivity contribution in [2.45, 2.75) is 38.6 Å². The first-order valence-electron chi connectivity index (χ1n) is 12.3. The van der Waals surface area contributed by atoms with Gasteiger partial charge in [0.2, 0.25) is 5.95 Å². The van der Waals surface area contributed by atoms with Gasteiger partial charge in [0.05, 0.1) is 23.9 Å². The molecule has 0 unspecified atom stereocenters. The lowest BCUT2D eigenvalue weighted by Gasteiger charge is -2.20. The van der Waals surface area contributed by atoms with E-state index >= 15 is 0 Å². The van der Waals surface area contributed by atoms with E-state index in [-0.39, 0.29) is 18.4 Å². The Bertz CT molecular complexity index is 1490. The molecule has 0 spiro atoms. The predicted molar refractivity (Wildman–Crippen MR) is 139 cm³/mol. The van der Waals surface area contributed by atoms with Crippen LogP contribution in [0.1, 0.15) is 37.0 Å². The van der Waals surface area contributed by atoms with E-state index in [0.29, 0.717) is 34.2 Å². The van der Waals surface area contributed by atoms with Crippen LogP contribution in [0.2, 0.25) is 0 Å². The fourth-order valence-corrected chi connectivity index (χ4v) is 4.21. The molecule has 1 aromatic carbocycles. The number of anilines is 3. The molecule has 0 bridgehead atoms. The molecule has 208 valence electrons. The molecule has 15 heteroatoms. The molecule has 0 saturated carbocycles. The molecule has 0 radical (unpaired) electrons. The zero-order valence-corrected chi connectivity index (χ0v) is 21.7. The van der Waals surface area contributed by atoms with Gasteiger partial charge in [-0.3, -0.25) is 0 Å². The molecule has 0 saturated heterocycles. The van der Waals surface area contributed by atoms with Gasteiger partial charge in [-0.05, 0) is 32.4 Å². The van der Waals surface area contributed by atoms with E-state index in [1.807, 2.05) is 30.3 Å². The van der Waals surface area contributed by atoms with Gasteiger partial charge in [-0.25, -0.2) is 9.97 Å². The van der Waals surface area contributed by atoms with Gasteiger partial charge in [0.1, 0.15) is 23.8 Å². The second-order valence-corrected chi connectivity index (χ2v) is 9.54. The number of aliphatic hydroxyl groups excluding tert-OH is 1. The van der Waals surface area contributed by atoms with Crippen molar-refractivity contribution >= 4 is 30.2 Å². The van der Waals surface area contributed by atoms with E-state index in [2.05, 4.69) is 35.7 Å². The standard InChI is InChI=1S/C25H25BF3N7O4/c1-14-31-22(39-36-14)16-11-30-23(35-21(16)32-18(12-37)15-7-5-4-6-8-15)34-19-10-9-17-20(33-19)24(2,3)40-26(17)38-13-25(27,28)29/h4-11,18,37H,12-13H2,1-3H3,(H2,30,32,33,34,35)/t18-/m1/s1. The van der Waals surface area contributed by atoms with Gasteiger partial charge in [0, 0.05) is 11.7 Å². The minimum Gasteiger partial charge on any atom is -0.398 e. The van der Waals surface area contributed by atoms with Gasteiger partial charge in [-0.2, -0.15) is 23.1 Å². The second kappa shape index (κ2) is 10.8. The van der Waals surface area contributed by atoms with E-state index in [9.17, 15) is 18.3 Å². The fourth-order valence-electron chi connectivity index (χ4n) is 4.21. The minimum atomic E-state index is -4.49. The van der Waals surface area contributed by atoms with Crippen LogP contribution in [-0.4, -0.2) is 56.7 Å². The molecule has 4 aromatic rings. The Balaban J connectivity index is 1.44. The zero-order chi connectivity index (χ0) is 28.5. The van der Waals surface area contributed by atoms with Crippen LogP contribution in [0.5, 0.6) is 0 Å². The van der Waals surface area contributed by atoms with Crippen molar-refractivity contribution in [2.75, 3.05) is 23.8 Å². The molecule has 5 rings (SSSR count). The lowest BCUT2D eigenvalue weighted by Crippen LogP contribution is -2.36. The number of rotatable bonds is 9. The van der Waals surface area contributed by atoms with Crippen LogP contribution in [0, 0.1) is 6.92 Å². The minimum absolute atomic E-state index is 0.154. The number of pyridine rings is 1. The van der Waals surface area contributed by atoms with Gasteiger partial charge < -0.3 is 29.6 Å². The first-order valence-corrected chi connectivity index (χ1v) is 12.3. The number of nitrogens with zero attached hydrogens (tertiary/aromatic N) is 5. The fraction of sp³-hybridized carbons (Fsp3) is 0.320. The largest absolute Gasteiger partial charge is 0.496 e. The Morgan fingerprint density at radius 2 is 1.88 bits per heavy atom. The monoisotopic (exact) mass is 555 g/mol. The maximum atomic E-state index is 12.7. The van der Waals surface area contributed by atoms with Crippen LogP contribution in [0.15, 0.2) is 53.2 Å². The molecule has 1 aliphatic heterocycles. The summed E-state index contributed by atoms with van der Waals surface area (Å²) in [7, 11) is -1.20. The van der Waals surface area contributed by atoms with Crippen molar-refractivity contribution in [3.8, 4) is 11.5 Å². The van der Waals surface area contributed by atoms with Crippen molar-refractivity contribution < 1.29 is 32.1 Å². The van der Waals surface area contributed by atoms with Crippen molar-refractivity contribution in [1.29, 1.82) is 0 Å². The third-order valence-electron chi connectivity index (χ3n) is 6.03. The Labute approximate surface area is 227 Å². The summed E-state index contributed by atoms with van der Waals surface area (Å²) >= 11 is 0. The van der Waals surface area contributed by atoms with Crippen LogP contribution in [0.3, 0.4) is 0 Å². The van der Waals surface area contributed by atoms with Crippen LogP contribution in [0.4, 0.5) is 30.8 Å². The molecule has 3 aromatic heterocycles. The molecule has 3 N–H and O–H groups in total. The molecular formula is C25H25BF3N7O4. The summed E-state index contributed by atoms with van der Waals surface area (Å²) in [5.41, 5.74) is 1.07. The van der Waals surface area contributed by atoms with E-state index in [0.717, 1.165) is 5.56 Å². The number of halogens is 3. The van der Waals surface area contributed by atoms with Gasteiger partial charge >= 0.3 is 13.3 Å². The molecule has 11 nitrogen and oxygen atoms in total. The molecule has 0 amide bonds. The van der Waals surface area contributed by atoms with Crippen LogP contribution in [0.25, 0.3) is 11.5 Å². The lowest BCUT2D eigenvalue weighted by atomic mass is 9.80. The summed E-state index contributed by atoms with van der Waals surface area (Å²) in [5.74, 6) is 1.42. The van der Waals surface area contributed by atoms with Crippen molar-refractivity contribution in [1.82, 2.24) is 25.1 Å². The average Bonchev–Trinajstić information content (AvgIpc) is 3.46. The quantitative estimate of drug-likeness (QED) is 0.261. The number of hydrogen-bond donors (Lipinski definition) is 3. The summed E-state index contributed by atoms with van der Waals surface area (Å²) < 4.78 is 54.1. The molecule has 1 atom stereocenters. The van der Waals surface area contributed by atoms with Gasteiger partial charge in [0.25, 0.3) is 5.89 Å². The number of aliphatic hydroxyl groups is 1. The third-order valence-corrected chi connectivity index (χ3v) is 6.03. The topological polar surface area (TPSA) is 140 Å². The summed E-state index contributed by atoms with van der Waals surface area (Å²) in [4.78, 5) is 17.7. The Hall–Kier alpha value is -4.08. The second-order valence-electron chi connectivity index (χ2n) is 9.54. The van der Waals surface area contributed by atoms with E-state index in [4.69, 9.17) is 13.8 Å². The maximum Gasteiger partial charge on any atom is 0.496 e. The third kappa shape index (κ3) is 6.06. The van der Waals surface area contributed by atoms with Crippen LogP contribution in [-0.2, 0) is 14.9 Å². The Morgan fingerprint density at radius 1 is 1.10 bits per heavy atom. The number of benzene rings is 1. The molecule has 1 aliphatic rings. The summed E-state index contributed by atoms with van der Waals surface area (Å²) in [6.45, 7) is 3.40. The van der Waals surface area contributed by atoms with E-state index < -0.39 is 31.5 Å². The molecule has 0 fully saturated rings. The van der Waals surface area contributed by atoms with Gasteiger partial charge in [-0.1, -0.05) is 41.6 Å². The average molecular weight is 555 g/mol. The summed E-state index contributed by atoms with van der Waals surface area (Å²) in [6, 6.07) is 12.0. The van der Waals surface area contributed by atoms with E-state index in [1.54, 1.807) is 32.9 Å².